The first-order valence-corrected chi connectivity index (χ1v) is 6.82. The van der Waals surface area contributed by atoms with Gasteiger partial charge in [0.15, 0.2) is 0 Å². The Bertz CT molecular complexity index is 480. The highest BCUT2D eigenvalue weighted by Crippen LogP contribution is 2.36. The predicted octanol–water partition coefficient (Wildman–Crippen LogP) is 0.774. The summed E-state index contributed by atoms with van der Waals surface area (Å²) in [4.78, 5) is 28.0. The van der Waals surface area contributed by atoms with Gasteiger partial charge in [-0.25, -0.2) is 14.6 Å². The van der Waals surface area contributed by atoms with E-state index in [0.29, 0.717) is 5.01 Å². The highest BCUT2D eigenvalue weighted by atomic mass is 32.1. The van der Waals surface area contributed by atoms with Crippen LogP contribution >= 0.6 is 11.3 Å². The number of aromatic nitrogens is 1. The molecule has 0 aliphatic heterocycles. The summed E-state index contributed by atoms with van der Waals surface area (Å²) < 4.78 is 14.6. The molecule has 0 radical (unpaired) electrons. The molecule has 0 atom stereocenters. The monoisotopic (exact) mass is 303 g/mol. The van der Waals surface area contributed by atoms with Crippen LogP contribution in [0.5, 0.6) is 5.06 Å². The van der Waals surface area contributed by atoms with Gasteiger partial charge in [-0.15, -0.1) is 0 Å². The first-order chi connectivity index (χ1) is 9.41. The number of ether oxygens (including phenoxy) is 3. The maximum absolute atomic E-state index is 12.0. The molecule has 0 aromatic carbocycles. The maximum Gasteiger partial charge on any atom is 0.356 e. The number of methoxy groups -OCH3 is 1. The summed E-state index contributed by atoms with van der Waals surface area (Å²) >= 11 is 1.10. The number of aryl methyl sites for hydroxylation is 1. The lowest BCUT2D eigenvalue weighted by molar-refractivity contribution is -0.185. The number of thiazole rings is 1. The van der Waals surface area contributed by atoms with Gasteiger partial charge in [0, 0.05) is 0 Å². The number of hydrogen-bond acceptors (Lipinski definition) is 8. The predicted molar refractivity (Wildman–Crippen MR) is 70.6 cm³/mol. The zero-order valence-corrected chi connectivity index (χ0v) is 12.6. The molecule has 0 bridgehead atoms. The average Bonchev–Trinajstić information content (AvgIpc) is 2.79. The van der Waals surface area contributed by atoms with E-state index in [2.05, 4.69) is 4.98 Å². The largest absolute Gasteiger partial charge is 0.486 e. The van der Waals surface area contributed by atoms with E-state index in [-0.39, 0.29) is 24.0 Å². The van der Waals surface area contributed by atoms with Crippen molar-refractivity contribution in [3.63, 3.8) is 0 Å². The molecular weight excluding hydrogens is 286 g/mol. The summed E-state index contributed by atoms with van der Waals surface area (Å²) in [5, 5.41) is 11.2. The van der Waals surface area contributed by atoms with Crippen molar-refractivity contribution in [3.8, 4) is 5.06 Å². The van der Waals surface area contributed by atoms with Crippen molar-refractivity contribution in [2.45, 2.75) is 26.4 Å². The summed E-state index contributed by atoms with van der Waals surface area (Å²) in [7, 11) is 1.35. The van der Waals surface area contributed by atoms with Crippen molar-refractivity contribution in [1.82, 2.24) is 4.98 Å². The van der Waals surface area contributed by atoms with Gasteiger partial charge in [-0.05, 0) is 20.8 Å². The van der Waals surface area contributed by atoms with Gasteiger partial charge in [-0.1, -0.05) is 11.3 Å². The Kier molecular flexibility index (Phi) is 5.46. The van der Waals surface area contributed by atoms with E-state index in [1.54, 1.807) is 20.8 Å². The Morgan fingerprint density at radius 1 is 1.25 bits per heavy atom. The number of nitrogens with zero attached hydrogens (tertiary/aromatic N) is 1. The molecule has 0 unspecified atom stereocenters. The lowest BCUT2D eigenvalue weighted by Crippen LogP contribution is -2.46. The average molecular weight is 303 g/mol. The van der Waals surface area contributed by atoms with E-state index >= 15 is 0 Å². The Hall–Kier alpha value is -1.67. The van der Waals surface area contributed by atoms with Crippen LogP contribution in [-0.2, 0) is 24.7 Å². The number of rotatable bonds is 6. The maximum atomic E-state index is 12.0. The van der Waals surface area contributed by atoms with Crippen molar-refractivity contribution >= 4 is 23.3 Å². The Balaban J connectivity index is 3.35. The lowest BCUT2D eigenvalue weighted by atomic mass is 10.0. The van der Waals surface area contributed by atoms with E-state index in [1.165, 1.54) is 7.11 Å². The Morgan fingerprint density at radius 3 is 2.15 bits per heavy atom. The van der Waals surface area contributed by atoms with Gasteiger partial charge in [-0.2, -0.15) is 0 Å². The third-order valence-electron chi connectivity index (χ3n) is 2.37. The van der Waals surface area contributed by atoms with Crippen molar-refractivity contribution in [3.05, 3.63) is 10.7 Å². The zero-order chi connectivity index (χ0) is 15.3. The van der Waals surface area contributed by atoms with Gasteiger partial charge < -0.3 is 19.3 Å². The molecule has 1 aromatic rings. The minimum absolute atomic E-state index is 0.00594. The summed E-state index contributed by atoms with van der Waals surface area (Å²) in [5.41, 5.74) is -2.83. The molecule has 0 saturated carbocycles. The summed E-state index contributed by atoms with van der Waals surface area (Å²) in [6.45, 7) is 4.80. The number of carbonyl (C=O) groups is 2. The lowest BCUT2D eigenvalue weighted by Gasteiger charge is -2.22. The molecular formula is C12H17NO6S. The second-order valence-corrected chi connectivity index (χ2v) is 4.89. The Labute approximate surface area is 120 Å². The van der Waals surface area contributed by atoms with Gasteiger partial charge in [0.2, 0.25) is 5.06 Å². The number of esters is 2. The fourth-order valence-corrected chi connectivity index (χ4v) is 2.30. The van der Waals surface area contributed by atoms with Crippen LogP contribution < -0.4 is 4.74 Å². The minimum atomic E-state index is -2.62. The summed E-state index contributed by atoms with van der Waals surface area (Å²) in [5.74, 6) is -2.27. The zero-order valence-electron chi connectivity index (χ0n) is 11.8. The summed E-state index contributed by atoms with van der Waals surface area (Å²) in [6, 6.07) is 0. The second kappa shape index (κ2) is 6.67. The number of hydrogen-bond donors (Lipinski definition) is 1. The second-order valence-electron chi connectivity index (χ2n) is 3.72. The molecule has 1 N–H and O–H groups in total. The summed E-state index contributed by atoms with van der Waals surface area (Å²) in [6.07, 6.45) is 0. The molecule has 1 rings (SSSR count). The third kappa shape index (κ3) is 2.91. The van der Waals surface area contributed by atoms with Gasteiger partial charge in [0.1, 0.15) is 5.69 Å². The molecule has 0 spiro atoms. The third-order valence-corrected chi connectivity index (χ3v) is 3.30. The van der Waals surface area contributed by atoms with Crippen LogP contribution in [0.1, 0.15) is 24.5 Å². The minimum Gasteiger partial charge on any atom is -0.486 e. The van der Waals surface area contributed by atoms with Crippen molar-refractivity contribution in [2.24, 2.45) is 0 Å². The van der Waals surface area contributed by atoms with Crippen molar-refractivity contribution in [1.29, 1.82) is 0 Å². The van der Waals surface area contributed by atoms with Crippen LogP contribution in [0.3, 0.4) is 0 Å². The molecule has 112 valence electrons. The van der Waals surface area contributed by atoms with E-state index in [4.69, 9.17) is 14.2 Å². The molecule has 1 aromatic heterocycles. The molecule has 1 heterocycles. The Morgan fingerprint density at radius 2 is 1.75 bits per heavy atom. The van der Waals surface area contributed by atoms with Gasteiger partial charge in [0.05, 0.1) is 25.3 Å². The van der Waals surface area contributed by atoms with E-state index in [0.717, 1.165) is 11.3 Å². The van der Waals surface area contributed by atoms with Crippen LogP contribution in [0.2, 0.25) is 0 Å². The van der Waals surface area contributed by atoms with Crippen molar-refractivity contribution in [2.75, 3.05) is 20.3 Å². The molecule has 20 heavy (non-hydrogen) atoms. The van der Waals surface area contributed by atoms with Gasteiger partial charge in [0.25, 0.3) is 0 Å². The topological polar surface area (TPSA) is 95.0 Å². The molecule has 0 amide bonds. The van der Waals surface area contributed by atoms with Crippen LogP contribution in [0.25, 0.3) is 0 Å². The molecule has 0 fully saturated rings. The van der Waals surface area contributed by atoms with Gasteiger partial charge in [-0.3, -0.25) is 0 Å². The molecule has 0 aliphatic carbocycles. The van der Waals surface area contributed by atoms with Crippen molar-refractivity contribution < 1.29 is 28.9 Å². The SMILES string of the molecule is CCOC(=O)C(O)(C(=O)OCC)c1nc(C)sc1OC. The van der Waals surface area contributed by atoms with Gasteiger partial charge >= 0.3 is 17.5 Å². The first-order valence-electron chi connectivity index (χ1n) is 6.00. The smallest absolute Gasteiger partial charge is 0.356 e. The fraction of sp³-hybridized carbons (Fsp3) is 0.583. The van der Waals surface area contributed by atoms with Crippen LogP contribution in [0.15, 0.2) is 0 Å². The van der Waals surface area contributed by atoms with Crippen LogP contribution in [-0.4, -0.2) is 42.4 Å². The standard InChI is InChI=1S/C12H17NO6S/c1-5-18-10(14)12(16,11(15)19-6-2)8-9(17-4)20-7(3)13-8/h16H,5-6H2,1-4H3. The molecule has 0 saturated heterocycles. The fourth-order valence-electron chi connectivity index (χ4n) is 1.52. The highest BCUT2D eigenvalue weighted by molar-refractivity contribution is 7.13. The van der Waals surface area contributed by atoms with Crippen LogP contribution in [0, 0.1) is 6.92 Å². The number of carbonyl (C=O) groups excluding carboxylic acids is 2. The normalized spacial score (nSPS) is 11.1. The van der Waals surface area contributed by atoms with E-state index in [9.17, 15) is 14.7 Å². The van der Waals surface area contributed by atoms with E-state index < -0.39 is 17.5 Å². The molecule has 8 heteroatoms. The number of aliphatic hydroxyl groups is 1. The molecule has 7 nitrogen and oxygen atoms in total. The molecule has 0 aliphatic rings. The van der Waals surface area contributed by atoms with E-state index in [1.807, 2.05) is 0 Å². The van der Waals surface area contributed by atoms with Crippen LogP contribution in [0.4, 0.5) is 0 Å². The first kappa shape index (κ1) is 16.4. The highest BCUT2D eigenvalue weighted by Gasteiger charge is 2.53. The quantitative estimate of drug-likeness (QED) is 0.612.